The van der Waals surface area contributed by atoms with Gasteiger partial charge in [-0.3, -0.25) is 5.01 Å². The number of nitrogens with two attached hydrogens (primary N) is 1. The molecule has 4 heteroatoms. The van der Waals surface area contributed by atoms with Gasteiger partial charge in [-0.1, -0.05) is 31.2 Å². The summed E-state index contributed by atoms with van der Waals surface area (Å²) in [5, 5.41) is 6.16. The van der Waals surface area contributed by atoms with Crippen LogP contribution in [0.3, 0.4) is 0 Å². The fourth-order valence-corrected chi connectivity index (χ4v) is 2.74. The molecule has 0 spiro atoms. The highest BCUT2D eigenvalue weighted by Gasteiger charge is 2.33. The molecular weight excluding hydrogens is 236 g/mol. The lowest BCUT2D eigenvalue weighted by molar-refractivity contribution is -0.106. The molecule has 104 valence electrons. The number of hydrogen-bond donors (Lipinski definition) is 1. The van der Waals surface area contributed by atoms with Crippen molar-refractivity contribution in [1.29, 1.82) is 0 Å². The average molecular weight is 260 g/mol. The number of hydrazine groups is 3. The Kier molecular flexibility index (Phi) is 4.12. The molecule has 0 unspecified atom stereocenters. The van der Waals surface area contributed by atoms with Crippen LogP contribution in [0.1, 0.15) is 38.3 Å². The van der Waals surface area contributed by atoms with Gasteiger partial charge >= 0.3 is 0 Å². The van der Waals surface area contributed by atoms with E-state index >= 15 is 0 Å². The van der Waals surface area contributed by atoms with Gasteiger partial charge in [0, 0.05) is 18.7 Å². The second-order valence-electron chi connectivity index (χ2n) is 4.71. The van der Waals surface area contributed by atoms with E-state index in [2.05, 4.69) is 62.1 Å². The highest BCUT2D eigenvalue weighted by molar-refractivity contribution is 5.70. The van der Waals surface area contributed by atoms with Crippen molar-refractivity contribution in [3.8, 4) is 0 Å². The molecule has 0 aliphatic carbocycles. The van der Waals surface area contributed by atoms with E-state index < -0.39 is 0 Å². The highest BCUT2D eigenvalue weighted by atomic mass is 16.0. The summed E-state index contributed by atoms with van der Waals surface area (Å²) < 4.78 is 0. The van der Waals surface area contributed by atoms with Gasteiger partial charge < -0.3 is 0 Å². The van der Waals surface area contributed by atoms with Gasteiger partial charge in [0.25, 0.3) is 0 Å². The number of hydrogen-bond acceptors (Lipinski definition) is 4. The molecule has 0 amide bonds. The SMILES string of the molecule is CCC1=C(c2ccccc2C)N(CC)N(CC)N1N. The standard InChI is InChI=1S/C15H24N4/c1-5-14-15(13-11-9-8-10-12(13)4)17(6-2)18(7-3)19(14)16/h8-11H,5-7,16H2,1-4H3. The molecule has 4 nitrogen and oxygen atoms in total. The van der Waals surface area contributed by atoms with E-state index in [9.17, 15) is 0 Å². The fourth-order valence-electron chi connectivity index (χ4n) is 2.74. The second kappa shape index (κ2) is 5.63. The van der Waals surface area contributed by atoms with Crippen molar-refractivity contribution < 1.29 is 0 Å². The van der Waals surface area contributed by atoms with Gasteiger partial charge in [0.05, 0.1) is 11.4 Å². The van der Waals surface area contributed by atoms with E-state index in [-0.39, 0.29) is 0 Å². The molecule has 1 aromatic carbocycles. The number of allylic oxidation sites excluding steroid dienone is 1. The molecular formula is C15H24N4. The summed E-state index contributed by atoms with van der Waals surface area (Å²) in [6.45, 7) is 10.4. The van der Waals surface area contributed by atoms with Crippen LogP contribution in [0.15, 0.2) is 30.0 Å². The molecule has 1 aliphatic heterocycles. The van der Waals surface area contributed by atoms with Gasteiger partial charge in [0.2, 0.25) is 0 Å². The van der Waals surface area contributed by atoms with Gasteiger partial charge in [0.15, 0.2) is 0 Å². The molecule has 0 radical (unpaired) electrons. The van der Waals surface area contributed by atoms with Crippen molar-refractivity contribution >= 4 is 5.70 Å². The molecule has 0 fully saturated rings. The Labute approximate surface area is 116 Å². The lowest BCUT2D eigenvalue weighted by atomic mass is 10.0. The maximum atomic E-state index is 6.25. The third kappa shape index (κ3) is 2.22. The highest BCUT2D eigenvalue weighted by Crippen LogP contribution is 2.35. The first kappa shape index (κ1) is 13.9. The summed E-state index contributed by atoms with van der Waals surface area (Å²) in [5.41, 5.74) is 4.98. The van der Waals surface area contributed by atoms with E-state index in [1.165, 1.54) is 22.5 Å². The Hall–Kier alpha value is -1.52. The average Bonchev–Trinajstić information content (AvgIpc) is 2.70. The van der Waals surface area contributed by atoms with E-state index in [4.69, 9.17) is 5.84 Å². The predicted octanol–water partition coefficient (Wildman–Crippen LogP) is 2.74. The lowest BCUT2D eigenvalue weighted by Crippen LogP contribution is -2.49. The van der Waals surface area contributed by atoms with Crippen molar-refractivity contribution in [2.45, 2.75) is 34.1 Å². The van der Waals surface area contributed by atoms with Crippen molar-refractivity contribution in [2.24, 2.45) is 5.84 Å². The fraction of sp³-hybridized carbons (Fsp3) is 0.467. The summed E-state index contributed by atoms with van der Waals surface area (Å²) in [6.07, 6.45) is 0.924. The summed E-state index contributed by atoms with van der Waals surface area (Å²) in [5.74, 6) is 6.25. The van der Waals surface area contributed by atoms with Crippen molar-refractivity contribution in [1.82, 2.24) is 15.2 Å². The van der Waals surface area contributed by atoms with Crippen molar-refractivity contribution in [3.63, 3.8) is 0 Å². The number of rotatable bonds is 4. The van der Waals surface area contributed by atoms with Crippen LogP contribution in [0.5, 0.6) is 0 Å². The summed E-state index contributed by atoms with van der Waals surface area (Å²) in [7, 11) is 0. The monoisotopic (exact) mass is 260 g/mol. The van der Waals surface area contributed by atoms with E-state index in [1.54, 1.807) is 5.12 Å². The first-order valence-corrected chi connectivity index (χ1v) is 7.04. The molecule has 1 heterocycles. The first-order chi connectivity index (χ1) is 9.15. The van der Waals surface area contributed by atoms with Gasteiger partial charge in [-0.05, 0) is 32.8 Å². The van der Waals surface area contributed by atoms with Gasteiger partial charge in [-0.2, -0.15) is 0 Å². The minimum atomic E-state index is 0.864. The Morgan fingerprint density at radius 2 is 1.74 bits per heavy atom. The molecule has 1 aromatic rings. The van der Waals surface area contributed by atoms with E-state index in [1.807, 2.05) is 0 Å². The van der Waals surface area contributed by atoms with Crippen LogP contribution in [0, 0.1) is 6.92 Å². The number of aryl methyl sites for hydroxylation is 1. The van der Waals surface area contributed by atoms with Crippen LogP contribution in [0.25, 0.3) is 5.70 Å². The topological polar surface area (TPSA) is 35.7 Å². The van der Waals surface area contributed by atoms with E-state index in [0.717, 1.165) is 19.5 Å². The molecule has 2 rings (SSSR count). The summed E-state index contributed by atoms with van der Waals surface area (Å²) >= 11 is 0. The summed E-state index contributed by atoms with van der Waals surface area (Å²) in [4.78, 5) is 0. The molecule has 1 aliphatic rings. The minimum Gasteiger partial charge on any atom is -0.285 e. The number of benzene rings is 1. The Morgan fingerprint density at radius 3 is 2.26 bits per heavy atom. The quantitative estimate of drug-likeness (QED) is 0.844. The largest absolute Gasteiger partial charge is 0.285 e. The molecule has 0 atom stereocenters. The van der Waals surface area contributed by atoms with E-state index in [0.29, 0.717) is 0 Å². The zero-order valence-electron chi connectivity index (χ0n) is 12.3. The van der Waals surface area contributed by atoms with Gasteiger partial charge in [-0.25, -0.2) is 11.0 Å². The smallest absolute Gasteiger partial charge is 0.0838 e. The second-order valence-corrected chi connectivity index (χ2v) is 4.71. The first-order valence-electron chi connectivity index (χ1n) is 7.04. The minimum absolute atomic E-state index is 0.864. The Morgan fingerprint density at radius 1 is 1.05 bits per heavy atom. The zero-order chi connectivity index (χ0) is 14.0. The van der Waals surface area contributed by atoms with Crippen LogP contribution in [-0.2, 0) is 0 Å². The van der Waals surface area contributed by atoms with Crippen LogP contribution >= 0.6 is 0 Å². The van der Waals surface area contributed by atoms with Crippen LogP contribution in [-0.4, -0.2) is 28.3 Å². The van der Waals surface area contributed by atoms with Gasteiger partial charge in [0.1, 0.15) is 0 Å². The third-order valence-corrected chi connectivity index (χ3v) is 3.65. The molecule has 0 bridgehead atoms. The maximum absolute atomic E-state index is 6.25. The normalized spacial score (nSPS) is 16.7. The Balaban J connectivity index is 2.56. The number of nitrogens with zero attached hydrogens (tertiary/aromatic N) is 3. The molecule has 2 N–H and O–H groups in total. The molecule has 19 heavy (non-hydrogen) atoms. The van der Waals surface area contributed by atoms with Gasteiger partial charge in [-0.15, -0.1) is 5.12 Å². The molecule has 0 aromatic heterocycles. The van der Waals surface area contributed by atoms with Crippen LogP contribution < -0.4 is 5.84 Å². The van der Waals surface area contributed by atoms with Crippen LogP contribution in [0.2, 0.25) is 0 Å². The maximum Gasteiger partial charge on any atom is 0.0838 e. The van der Waals surface area contributed by atoms with Crippen molar-refractivity contribution in [3.05, 3.63) is 41.1 Å². The predicted molar refractivity (Wildman–Crippen MR) is 79.2 cm³/mol. The molecule has 0 saturated carbocycles. The zero-order valence-corrected chi connectivity index (χ0v) is 12.3. The third-order valence-electron chi connectivity index (χ3n) is 3.65. The van der Waals surface area contributed by atoms with Crippen molar-refractivity contribution in [2.75, 3.05) is 13.1 Å². The Bertz CT molecular complexity index is 481. The van der Waals surface area contributed by atoms with Crippen LogP contribution in [0.4, 0.5) is 0 Å². The summed E-state index contributed by atoms with van der Waals surface area (Å²) in [6, 6.07) is 8.49. The molecule has 0 saturated heterocycles. The lowest BCUT2D eigenvalue weighted by Gasteiger charge is -2.33.